The van der Waals surface area contributed by atoms with Crippen LogP contribution in [-0.2, 0) is 6.54 Å². The van der Waals surface area contributed by atoms with Gasteiger partial charge >= 0.3 is 0 Å². The van der Waals surface area contributed by atoms with Gasteiger partial charge in [-0.05, 0) is 38.0 Å². The lowest BCUT2D eigenvalue weighted by molar-refractivity contribution is 0.184. The Hall–Kier alpha value is -1.41. The van der Waals surface area contributed by atoms with E-state index in [1.54, 1.807) is 6.07 Å². The van der Waals surface area contributed by atoms with Crippen LogP contribution < -0.4 is 0 Å². The standard InChI is InChI=1S/C16H22FNO2/c1-13(2)18(8-4-10-20)12-15-6-7-16(17)11-14(15)5-3-9-19/h6-7,11,13,19-20H,4,8-10,12H2,1-2H3. The third kappa shape index (κ3) is 5.30. The van der Waals surface area contributed by atoms with Gasteiger partial charge in [0.1, 0.15) is 12.4 Å². The number of halogens is 1. The molecule has 0 fully saturated rings. The normalized spacial score (nSPS) is 10.8. The molecule has 3 nitrogen and oxygen atoms in total. The summed E-state index contributed by atoms with van der Waals surface area (Å²) in [5.41, 5.74) is 1.53. The third-order valence-corrected chi connectivity index (χ3v) is 3.08. The summed E-state index contributed by atoms with van der Waals surface area (Å²) in [6, 6.07) is 4.86. The van der Waals surface area contributed by atoms with E-state index in [0.717, 1.165) is 12.1 Å². The summed E-state index contributed by atoms with van der Waals surface area (Å²) in [6.07, 6.45) is 0.705. The predicted octanol–water partition coefficient (Wildman–Crippen LogP) is 1.76. The van der Waals surface area contributed by atoms with E-state index < -0.39 is 0 Å². The van der Waals surface area contributed by atoms with Crippen molar-refractivity contribution in [2.45, 2.75) is 32.9 Å². The number of hydrogen-bond donors (Lipinski definition) is 2. The van der Waals surface area contributed by atoms with E-state index in [1.807, 2.05) is 0 Å². The van der Waals surface area contributed by atoms with Gasteiger partial charge in [-0.1, -0.05) is 17.9 Å². The van der Waals surface area contributed by atoms with E-state index in [1.165, 1.54) is 12.1 Å². The molecule has 0 saturated heterocycles. The van der Waals surface area contributed by atoms with E-state index in [0.29, 0.717) is 24.6 Å². The minimum absolute atomic E-state index is 0.157. The Morgan fingerprint density at radius 1 is 1.30 bits per heavy atom. The highest BCUT2D eigenvalue weighted by Gasteiger charge is 2.12. The minimum Gasteiger partial charge on any atom is -0.396 e. The van der Waals surface area contributed by atoms with Crippen LogP contribution >= 0.6 is 0 Å². The second-order valence-electron chi connectivity index (χ2n) is 4.90. The summed E-state index contributed by atoms with van der Waals surface area (Å²) in [7, 11) is 0. The molecule has 110 valence electrons. The van der Waals surface area contributed by atoms with E-state index in [2.05, 4.69) is 30.6 Å². The van der Waals surface area contributed by atoms with Crippen molar-refractivity contribution in [1.29, 1.82) is 0 Å². The van der Waals surface area contributed by atoms with Crippen molar-refractivity contribution in [3.05, 3.63) is 35.1 Å². The molecule has 1 aromatic rings. The molecule has 0 aromatic heterocycles. The third-order valence-electron chi connectivity index (χ3n) is 3.08. The van der Waals surface area contributed by atoms with Gasteiger partial charge in [0.2, 0.25) is 0 Å². The molecular formula is C16H22FNO2. The zero-order valence-electron chi connectivity index (χ0n) is 12.1. The van der Waals surface area contributed by atoms with Crippen LogP contribution in [0.15, 0.2) is 18.2 Å². The molecule has 0 radical (unpaired) electrons. The van der Waals surface area contributed by atoms with Crippen LogP contribution in [-0.4, -0.2) is 40.9 Å². The van der Waals surface area contributed by atoms with Crippen LogP contribution in [0.1, 0.15) is 31.4 Å². The molecule has 0 amide bonds. The Bertz CT molecular complexity index is 477. The average molecular weight is 279 g/mol. The molecule has 0 aliphatic rings. The van der Waals surface area contributed by atoms with Gasteiger partial charge < -0.3 is 10.2 Å². The number of benzene rings is 1. The summed E-state index contributed by atoms with van der Waals surface area (Å²) in [5, 5.41) is 17.7. The molecule has 0 bridgehead atoms. The van der Waals surface area contributed by atoms with Crippen molar-refractivity contribution < 1.29 is 14.6 Å². The monoisotopic (exact) mass is 279 g/mol. The van der Waals surface area contributed by atoms with Gasteiger partial charge in [0.15, 0.2) is 0 Å². The minimum atomic E-state index is -0.331. The van der Waals surface area contributed by atoms with Gasteiger partial charge in [0, 0.05) is 31.3 Å². The first-order chi connectivity index (χ1) is 9.58. The zero-order chi connectivity index (χ0) is 15.0. The Morgan fingerprint density at radius 3 is 2.65 bits per heavy atom. The highest BCUT2D eigenvalue weighted by molar-refractivity contribution is 5.41. The Morgan fingerprint density at radius 2 is 2.05 bits per heavy atom. The molecule has 4 heteroatoms. The summed E-state index contributed by atoms with van der Waals surface area (Å²) >= 11 is 0. The van der Waals surface area contributed by atoms with Gasteiger partial charge in [-0.15, -0.1) is 0 Å². The SMILES string of the molecule is CC(C)N(CCCO)Cc1ccc(F)cc1C#CCO. The fraction of sp³-hybridized carbons (Fsp3) is 0.500. The van der Waals surface area contributed by atoms with Gasteiger partial charge in [-0.2, -0.15) is 0 Å². The fourth-order valence-electron chi connectivity index (χ4n) is 1.95. The lowest BCUT2D eigenvalue weighted by Crippen LogP contribution is -2.32. The van der Waals surface area contributed by atoms with Gasteiger partial charge in [0.25, 0.3) is 0 Å². The quantitative estimate of drug-likeness (QED) is 0.780. The van der Waals surface area contributed by atoms with Crippen molar-refractivity contribution >= 4 is 0 Å². The number of rotatable bonds is 6. The van der Waals surface area contributed by atoms with Gasteiger partial charge in [-0.3, -0.25) is 4.90 Å². The summed E-state index contributed by atoms with van der Waals surface area (Å²) in [6.45, 7) is 5.50. The lowest BCUT2D eigenvalue weighted by atomic mass is 10.1. The summed E-state index contributed by atoms with van der Waals surface area (Å²) < 4.78 is 13.3. The first-order valence-corrected chi connectivity index (χ1v) is 6.81. The molecule has 0 unspecified atom stereocenters. The van der Waals surface area contributed by atoms with Crippen molar-refractivity contribution in [3.8, 4) is 11.8 Å². The Balaban J connectivity index is 2.93. The molecule has 1 aromatic carbocycles. The Kier molecular flexibility index (Phi) is 7.24. The van der Waals surface area contributed by atoms with Crippen LogP contribution in [0.25, 0.3) is 0 Å². The molecular weight excluding hydrogens is 257 g/mol. The first kappa shape index (κ1) is 16.6. The number of nitrogens with zero attached hydrogens (tertiary/aromatic N) is 1. The van der Waals surface area contributed by atoms with Crippen LogP contribution in [0, 0.1) is 17.7 Å². The molecule has 1 rings (SSSR count). The second kappa shape index (κ2) is 8.70. The maximum absolute atomic E-state index is 13.3. The predicted molar refractivity (Wildman–Crippen MR) is 77.6 cm³/mol. The lowest BCUT2D eigenvalue weighted by Gasteiger charge is -2.26. The number of hydrogen-bond acceptors (Lipinski definition) is 3. The summed E-state index contributed by atoms with van der Waals surface area (Å²) in [4.78, 5) is 2.20. The van der Waals surface area contributed by atoms with Crippen molar-refractivity contribution in [2.24, 2.45) is 0 Å². The maximum atomic E-state index is 13.3. The number of aliphatic hydroxyl groups is 2. The van der Waals surface area contributed by atoms with Crippen LogP contribution in [0.5, 0.6) is 0 Å². The zero-order valence-corrected chi connectivity index (χ0v) is 12.1. The van der Waals surface area contributed by atoms with Crippen LogP contribution in [0.4, 0.5) is 4.39 Å². The molecule has 0 atom stereocenters. The molecule has 0 saturated carbocycles. The van der Waals surface area contributed by atoms with E-state index in [4.69, 9.17) is 10.2 Å². The molecule has 0 aliphatic heterocycles. The van der Waals surface area contributed by atoms with Crippen molar-refractivity contribution in [3.63, 3.8) is 0 Å². The van der Waals surface area contributed by atoms with Gasteiger partial charge in [0.05, 0.1) is 0 Å². The van der Waals surface area contributed by atoms with Gasteiger partial charge in [-0.25, -0.2) is 4.39 Å². The molecule has 20 heavy (non-hydrogen) atoms. The van der Waals surface area contributed by atoms with E-state index >= 15 is 0 Å². The topological polar surface area (TPSA) is 43.7 Å². The molecule has 0 aliphatic carbocycles. The summed E-state index contributed by atoms with van der Waals surface area (Å²) in [5.74, 6) is 5.02. The highest BCUT2D eigenvalue weighted by atomic mass is 19.1. The van der Waals surface area contributed by atoms with E-state index in [9.17, 15) is 4.39 Å². The number of aliphatic hydroxyl groups excluding tert-OH is 2. The largest absolute Gasteiger partial charge is 0.396 e. The van der Waals surface area contributed by atoms with E-state index in [-0.39, 0.29) is 19.0 Å². The second-order valence-corrected chi connectivity index (χ2v) is 4.90. The smallest absolute Gasteiger partial charge is 0.124 e. The maximum Gasteiger partial charge on any atom is 0.124 e. The van der Waals surface area contributed by atoms with Crippen molar-refractivity contribution in [1.82, 2.24) is 4.90 Å². The molecule has 2 N–H and O–H groups in total. The fourth-order valence-corrected chi connectivity index (χ4v) is 1.95. The molecule has 0 spiro atoms. The average Bonchev–Trinajstić information content (AvgIpc) is 2.42. The Labute approximate surface area is 120 Å². The highest BCUT2D eigenvalue weighted by Crippen LogP contribution is 2.15. The molecule has 0 heterocycles. The van der Waals surface area contributed by atoms with Crippen molar-refractivity contribution in [2.75, 3.05) is 19.8 Å². The van der Waals surface area contributed by atoms with Crippen LogP contribution in [0.3, 0.4) is 0 Å². The van der Waals surface area contributed by atoms with Crippen LogP contribution in [0.2, 0.25) is 0 Å². The first-order valence-electron chi connectivity index (χ1n) is 6.81.